The van der Waals surface area contributed by atoms with Gasteiger partial charge in [0.15, 0.2) is 0 Å². The number of rotatable bonds is 4. The predicted octanol–water partition coefficient (Wildman–Crippen LogP) is -0.119. The molecule has 3 heterocycles. The first kappa shape index (κ1) is 14.8. The Morgan fingerprint density at radius 2 is 2.24 bits per heavy atom. The largest absolute Gasteiger partial charge is 0.377 e. The van der Waals surface area contributed by atoms with Gasteiger partial charge in [0.05, 0.1) is 19.1 Å². The number of hydrogen-bond acceptors (Lipinski definition) is 4. The Bertz CT molecular complexity index is 415. The van der Waals surface area contributed by atoms with Crippen LogP contribution in [0.2, 0.25) is 0 Å². The summed E-state index contributed by atoms with van der Waals surface area (Å²) < 4.78 is 5.42. The third-order valence-electron chi connectivity index (χ3n) is 4.88. The first-order chi connectivity index (χ1) is 10.2. The molecule has 6 nitrogen and oxygen atoms in total. The second-order valence-electron chi connectivity index (χ2n) is 6.30. The van der Waals surface area contributed by atoms with Crippen molar-refractivity contribution in [2.75, 3.05) is 26.3 Å². The van der Waals surface area contributed by atoms with Crippen LogP contribution >= 0.6 is 0 Å². The molecule has 3 aliphatic rings. The normalized spacial score (nSPS) is 35.0. The van der Waals surface area contributed by atoms with Gasteiger partial charge in [0.25, 0.3) is 0 Å². The number of nitrogens with zero attached hydrogens (tertiary/aromatic N) is 1. The number of hydrogen-bond donors (Lipinski definition) is 2. The van der Waals surface area contributed by atoms with Gasteiger partial charge in [-0.15, -0.1) is 0 Å². The topological polar surface area (TPSA) is 70.7 Å². The molecule has 3 aliphatic heterocycles. The van der Waals surface area contributed by atoms with E-state index in [9.17, 15) is 9.59 Å². The van der Waals surface area contributed by atoms with Gasteiger partial charge in [0.2, 0.25) is 11.8 Å². The molecule has 0 aliphatic carbocycles. The van der Waals surface area contributed by atoms with E-state index in [0.717, 1.165) is 19.3 Å². The van der Waals surface area contributed by atoms with Gasteiger partial charge in [0.1, 0.15) is 6.04 Å². The van der Waals surface area contributed by atoms with Gasteiger partial charge < -0.3 is 20.3 Å². The van der Waals surface area contributed by atoms with Crippen molar-refractivity contribution in [2.24, 2.45) is 5.92 Å². The molecule has 0 aromatic carbocycles. The highest BCUT2D eigenvalue weighted by atomic mass is 16.5. The lowest BCUT2D eigenvalue weighted by molar-refractivity contribution is -0.152. The molecule has 0 aromatic heterocycles. The minimum absolute atomic E-state index is 0.0447. The molecule has 0 radical (unpaired) electrons. The van der Waals surface area contributed by atoms with Crippen molar-refractivity contribution in [2.45, 2.75) is 50.7 Å². The van der Waals surface area contributed by atoms with E-state index in [0.29, 0.717) is 38.4 Å². The first-order valence-electron chi connectivity index (χ1n) is 8.12. The molecule has 0 aromatic rings. The highest BCUT2D eigenvalue weighted by Crippen LogP contribution is 2.34. The monoisotopic (exact) mass is 295 g/mol. The maximum atomic E-state index is 12.8. The number of ether oxygens (including phenoxy) is 1. The molecule has 3 saturated heterocycles. The van der Waals surface area contributed by atoms with Gasteiger partial charge in [-0.25, -0.2) is 0 Å². The molecule has 0 saturated carbocycles. The van der Waals surface area contributed by atoms with E-state index in [-0.39, 0.29) is 17.7 Å². The molecule has 4 unspecified atom stereocenters. The second-order valence-corrected chi connectivity index (χ2v) is 6.30. The summed E-state index contributed by atoms with van der Waals surface area (Å²) >= 11 is 0. The zero-order valence-electron chi connectivity index (χ0n) is 12.6. The van der Waals surface area contributed by atoms with Crippen molar-refractivity contribution in [3.63, 3.8) is 0 Å². The van der Waals surface area contributed by atoms with Crippen LogP contribution in [0.1, 0.15) is 32.6 Å². The minimum Gasteiger partial charge on any atom is -0.377 e. The fourth-order valence-electron chi connectivity index (χ4n) is 3.76. The number of fused-ring (bicyclic) bond motifs is 2. The lowest BCUT2D eigenvalue weighted by Gasteiger charge is -2.37. The lowest BCUT2D eigenvalue weighted by atomic mass is 9.87. The number of carbonyl (C=O) groups is 2. The summed E-state index contributed by atoms with van der Waals surface area (Å²) in [4.78, 5) is 26.8. The van der Waals surface area contributed by atoms with Gasteiger partial charge in [0, 0.05) is 25.2 Å². The number of nitrogens with one attached hydrogen (secondary N) is 2. The Balaban J connectivity index is 1.66. The second kappa shape index (κ2) is 6.32. The zero-order valence-corrected chi connectivity index (χ0v) is 12.6. The molecule has 0 spiro atoms. The van der Waals surface area contributed by atoms with E-state index in [4.69, 9.17) is 4.74 Å². The Morgan fingerprint density at radius 1 is 1.38 bits per heavy atom. The van der Waals surface area contributed by atoms with Crippen molar-refractivity contribution >= 4 is 11.8 Å². The minimum atomic E-state index is -0.461. The van der Waals surface area contributed by atoms with E-state index in [1.54, 1.807) is 4.90 Å². The highest BCUT2D eigenvalue weighted by Gasteiger charge is 2.46. The Labute approximate surface area is 125 Å². The van der Waals surface area contributed by atoms with Crippen molar-refractivity contribution in [3.05, 3.63) is 0 Å². The van der Waals surface area contributed by atoms with Crippen molar-refractivity contribution in [1.82, 2.24) is 15.5 Å². The lowest BCUT2D eigenvalue weighted by Crippen LogP contribution is -2.58. The van der Waals surface area contributed by atoms with E-state index in [1.165, 1.54) is 6.42 Å². The van der Waals surface area contributed by atoms with Gasteiger partial charge in [-0.3, -0.25) is 9.59 Å². The zero-order chi connectivity index (χ0) is 14.8. The van der Waals surface area contributed by atoms with Crippen LogP contribution in [0.25, 0.3) is 0 Å². The molecule has 2 amide bonds. The van der Waals surface area contributed by atoms with Crippen LogP contribution in [0.3, 0.4) is 0 Å². The first-order valence-corrected chi connectivity index (χ1v) is 8.12. The summed E-state index contributed by atoms with van der Waals surface area (Å²) in [6, 6.07) is 0.346. The molecule has 4 atom stereocenters. The number of morpholine rings is 1. The van der Waals surface area contributed by atoms with Crippen molar-refractivity contribution < 1.29 is 14.3 Å². The molecular weight excluding hydrogens is 270 g/mol. The van der Waals surface area contributed by atoms with Crippen molar-refractivity contribution in [3.8, 4) is 0 Å². The van der Waals surface area contributed by atoms with Crippen LogP contribution in [-0.2, 0) is 14.3 Å². The van der Waals surface area contributed by atoms with E-state index in [1.807, 2.05) is 6.92 Å². The smallest absolute Gasteiger partial charge is 0.245 e. The molecular formula is C15H25N3O3. The van der Waals surface area contributed by atoms with E-state index in [2.05, 4.69) is 10.6 Å². The van der Waals surface area contributed by atoms with Gasteiger partial charge >= 0.3 is 0 Å². The Hall–Kier alpha value is -1.14. The van der Waals surface area contributed by atoms with Gasteiger partial charge in [-0.2, -0.15) is 0 Å². The summed E-state index contributed by atoms with van der Waals surface area (Å²) in [5.41, 5.74) is 0. The SMILES string of the molecule is CCCNC(=O)C1COCCN1C(=O)C1CC2CCC1N2. The van der Waals surface area contributed by atoms with Crippen LogP contribution < -0.4 is 10.6 Å². The number of carbonyl (C=O) groups excluding carboxylic acids is 2. The number of amides is 2. The van der Waals surface area contributed by atoms with Crippen LogP contribution in [-0.4, -0.2) is 61.1 Å². The molecule has 3 fully saturated rings. The fraction of sp³-hybridized carbons (Fsp3) is 0.867. The summed E-state index contributed by atoms with van der Waals surface area (Å²) in [5.74, 6) is 0.0963. The quantitative estimate of drug-likeness (QED) is 0.759. The predicted molar refractivity (Wildman–Crippen MR) is 77.7 cm³/mol. The van der Waals surface area contributed by atoms with Crippen LogP contribution in [0, 0.1) is 5.92 Å². The molecule has 118 valence electrons. The standard InChI is InChI=1S/C15H25N3O3/c1-2-5-16-14(19)13-9-21-7-6-18(13)15(20)11-8-10-3-4-12(11)17-10/h10-13,17H,2-9H2,1H3,(H,16,19). The summed E-state index contributed by atoms with van der Waals surface area (Å²) in [6.45, 7) is 4.03. The third-order valence-corrected chi connectivity index (χ3v) is 4.88. The van der Waals surface area contributed by atoms with Crippen LogP contribution in [0.5, 0.6) is 0 Å². The van der Waals surface area contributed by atoms with E-state index < -0.39 is 6.04 Å². The third kappa shape index (κ3) is 2.92. The summed E-state index contributed by atoms with van der Waals surface area (Å²) in [6.07, 6.45) is 4.07. The summed E-state index contributed by atoms with van der Waals surface area (Å²) in [7, 11) is 0. The Morgan fingerprint density at radius 3 is 2.90 bits per heavy atom. The molecule has 6 heteroatoms. The van der Waals surface area contributed by atoms with E-state index >= 15 is 0 Å². The highest BCUT2D eigenvalue weighted by molar-refractivity contribution is 5.89. The average Bonchev–Trinajstić information content (AvgIpc) is 3.15. The maximum Gasteiger partial charge on any atom is 0.245 e. The summed E-state index contributed by atoms with van der Waals surface area (Å²) in [5, 5.41) is 6.38. The molecule has 21 heavy (non-hydrogen) atoms. The van der Waals surface area contributed by atoms with Crippen LogP contribution in [0.15, 0.2) is 0 Å². The van der Waals surface area contributed by atoms with Gasteiger partial charge in [-0.05, 0) is 25.7 Å². The van der Waals surface area contributed by atoms with Crippen LogP contribution in [0.4, 0.5) is 0 Å². The Kier molecular flexibility index (Phi) is 4.45. The maximum absolute atomic E-state index is 12.8. The van der Waals surface area contributed by atoms with Crippen molar-refractivity contribution in [1.29, 1.82) is 0 Å². The molecule has 2 bridgehead atoms. The molecule has 3 rings (SSSR count). The molecule has 2 N–H and O–H groups in total. The van der Waals surface area contributed by atoms with Gasteiger partial charge in [-0.1, -0.05) is 6.92 Å². The average molecular weight is 295 g/mol. The fourth-order valence-corrected chi connectivity index (χ4v) is 3.76.